The van der Waals surface area contributed by atoms with Gasteiger partial charge in [0, 0.05) is 38.4 Å². The van der Waals surface area contributed by atoms with Gasteiger partial charge in [0.2, 0.25) is 0 Å². The van der Waals surface area contributed by atoms with Gasteiger partial charge in [-0.05, 0) is 43.5 Å². The maximum atomic E-state index is 14.0. The summed E-state index contributed by atoms with van der Waals surface area (Å²) in [6.07, 6.45) is 3.27. The zero-order valence-electron chi connectivity index (χ0n) is 15.8. The highest BCUT2D eigenvalue weighted by atomic mass is 35.5. The number of guanidine groups is 1. The predicted molar refractivity (Wildman–Crippen MR) is 109 cm³/mol. The van der Waals surface area contributed by atoms with Crippen molar-refractivity contribution in [1.82, 2.24) is 15.6 Å². The van der Waals surface area contributed by atoms with Crippen molar-refractivity contribution in [3.8, 4) is 0 Å². The van der Waals surface area contributed by atoms with E-state index in [9.17, 15) is 8.78 Å². The molecule has 3 rings (SSSR count). The van der Waals surface area contributed by atoms with E-state index in [2.05, 4.69) is 20.6 Å². The van der Waals surface area contributed by atoms with E-state index in [1.807, 2.05) is 13.0 Å². The molecule has 5 nitrogen and oxygen atoms in total. The first-order valence-corrected chi connectivity index (χ1v) is 9.79. The molecule has 1 atom stereocenters. The van der Waals surface area contributed by atoms with Gasteiger partial charge in [-0.25, -0.2) is 13.8 Å². The Morgan fingerprint density at radius 2 is 2.07 bits per heavy atom. The Morgan fingerprint density at radius 3 is 2.75 bits per heavy atom. The highest BCUT2D eigenvalue weighted by Crippen LogP contribution is 2.26. The van der Waals surface area contributed by atoms with E-state index < -0.39 is 11.6 Å². The van der Waals surface area contributed by atoms with Crippen LogP contribution in [-0.2, 0) is 6.42 Å². The largest absolute Gasteiger partial charge is 0.365 e. The van der Waals surface area contributed by atoms with E-state index in [1.54, 1.807) is 17.2 Å². The molecular formula is C20H24ClF2N5. The number of hydrogen-bond acceptors (Lipinski definition) is 3. The molecule has 1 aromatic heterocycles. The summed E-state index contributed by atoms with van der Waals surface area (Å²) >= 11 is 5.80. The Hall–Kier alpha value is -2.41. The van der Waals surface area contributed by atoms with Gasteiger partial charge in [-0.2, -0.15) is 0 Å². The van der Waals surface area contributed by atoms with Gasteiger partial charge >= 0.3 is 0 Å². The molecule has 1 aromatic carbocycles. The molecule has 150 valence electrons. The third-order valence-electron chi connectivity index (χ3n) is 4.59. The number of nitrogens with one attached hydrogen (secondary N) is 2. The van der Waals surface area contributed by atoms with Gasteiger partial charge in [0.25, 0.3) is 0 Å². The maximum absolute atomic E-state index is 14.0. The number of aromatic nitrogens is 1. The highest BCUT2D eigenvalue weighted by Gasteiger charge is 2.27. The SMILES string of the molecule is CCNC(=NCCc1ccc(Cl)nc1)NC1CCN(c2c(F)cccc2F)C1. The zero-order chi connectivity index (χ0) is 19.9. The summed E-state index contributed by atoms with van der Waals surface area (Å²) in [7, 11) is 0. The number of anilines is 1. The van der Waals surface area contributed by atoms with Crippen LogP contribution in [-0.4, -0.2) is 43.2 Å². The average Bonchev–Trinajstić information content (AvgIpc) is 3.11. The molecule has 0 aliphatic carbocycles. The van der Waals surface area contributed by atoms with Gasteiger partial charge < -0.3 is 15.5 Å². The first kappa shape index (κ1) is 20.3. The van der Waals surface area contributed by atoms with Crippen LogP contribution in [0.25, 0.3) is 0 Å². The molecule has 1 aliphatic heterocycles. The fraction of sp³-hybridized carbons (Fsp3) is 0.400. The van der Waals surface area contributed by atoms with Crippen LogP contribution in [0.2, 0.25) is 5.15 Å². The second-order valence-corrected chi connectivity index (χ2v) is 7.03. The summed E-state index contributed by atoms with van der Waals surface area (Å²) in [5.41, 5.74) is 1.11. The van der Waals surface area contributed by atoms with E-state index in [0.717, 1.165) is 24.9 Å². The Kier molecular flexibility index (Phi) is 7.03. The maximum Gasteiger partial charge on any atom is 0.191 e. The van der Waals surface area contributed by atoms with E-state index >= 15 is 0 Å². The number of benzene rings is 1. The Labute approximate surface area is 168 Å². The van der Waals surface area contributed by atoms with Crippen molar-refractivity contribution in [3.05, 3.63) is 58.9 Å². The second kappa shape index (κ2) is 9.68. The van der Waals surface area contributed by atoms with Crippen molar-refractivity contribution < 1.29 is 8.78 Å². The molecule has 1 saturated heterocycles. The first-order chi connectivity index (χ1) is 13.6. The molecule has 2 N–H and O–H groups in total. The van der Waals surface area contributed by atoms with Gasteiger partial charge in [0.15, 0.2) is 5.96 Å². The summed E-state index contributed by atoms with van der Waals surface area (Å²) in [6, 6.07) is 7.72. The standard InChI is InChI=1S/C20H24ClF2N5/c1-2-24-20(25-10-8-14-6-7-18(21)26-12-14)27-15-9-11-28(13-15)19-16(22)4-3-5-17(19)23/h3-7,12,15H,2,8-11,13H2,1H3,(H2,24,25,27). The number of nitrogens with zero attached hydrogens (tertiary/aromatic N) is 3. The number of hydrogen-bond donors (Lipinski definition) is 2. The molecule has 0 spiro atoms. The van der Waals surface area contributed by atoms with Crippen LogP contribution in [0.3, 0.4) is 0 Å². The molecular weight excluding hydrogens is 384 g/mol. The molecule has 1 aliphatic rings. The third-order valence-corrected chi connectivity index (χ3v) is 4.81. The normalized spacial score (nSPS) is 17.1. The fourth-order valence-electron chi connectivity index (χ4n) is 3.24. The Bertz CT molecular complexity index is 792. The smallest absolute Gasteiger partial charge is 0.191 e. The van der Waals surface area contributed by atoms with Crippen LogP contribution >= 0.6 is 11.6 Å². The number of halogens is 3. The summed E-state index contributed by atoms with van der Waals surface area (Å²) in [6.45, 7) is 4.43. The molecule has 2 heterocycles. The molecule has 2 aromatic rings. The van der Waals surface area contributed by atoms with E-state index in [-0.39, 0.29) is 11.7 Å². The number of pyridine rings is 1. The zero-order valence-corrected chi connectivity index (χ0v) is 16.5. The summed E-state index contributed by atoms with van der Waals surface area (Å²) in [4.78, 5) is 10.4. The lowest BCUT2D eigenvalue weighted by atomic mass is 10.2. The van der Waals surface area contributed by atoms with Crippen molar-refractivity contribution in [3.63, 3.8) is 0 Å². The lowest BCUT2D eigenvalue weighted by molar-refractivity contribution is 0.576. The molecule has 0 radical (unpaired) electrons. The van der Waals surface area contributed by atoms with Gasteiger partial charge in [0.05, 0.1) is 0 Å². The van der Waals surface area contributed by atoms with Gasteiger partial charge in [-0.3, -0.25) is 4.99 Å². The number of aliphatic imine (C=N–C) groups is 1. The van der Waals surface area contributed by atoms with Gasteiger partial charge in [-0.1, -0.05) is 23.7 Å². The molecule has 1 unspecified atom stereocenters. The molecule has 28 heavy (non-hydrogen) atoms. The van der Waals surface area contributed by atoms with E-state index in [4.69, 9.17) is 11.6 Å². The molecule has 0 saturated carbocycles. The van der Waals surface area contributed by atoms with Gasteiger partial charge in [-0.15, -0.1) is 0 Å². The fourth-order valence-corrected chi connectivity index (χ4v) is 3.35. The number of rotatable bonds is 6. The van der Waals surface area contributed by atoms with Crippen LogP contribution in [0, 0.1) is 11.6 Å². The van der Waals surface area contributed by atoms with Crippen molar-refractivity contribution in [2.45, 2.75) is 25.8 Å². The monoisotopic (exact) mass is 407 g/mol. The molecule has 1 fully saturated rings. The molecule has 0 amide bonds. The van der Waals surface area contributed by atoms with E-state index in [1.165, 1.54) is 18.2 Å². The Morgan fingerprint density at radius 1 is 1.29 bits per heavy atom. The summed E-state index contributed by atoms with van der Waals surface area (Å²) < 4.78 is 28.0. The number of para-hydroxylation sites is 1. The van der Waals surface area contributed by atoms with Crippen LogP contribution in [0.1, 0.15) is 18.9 Å². The minimum Gasteiger partial charge on any atom is -0.365 e. The lowest BCUT2D eigenvalue weighted by Crippen LogP contribution is -2.44. The minimum atomic E-state index is -0.530. The van der Waals surface area contributed by atoms with Gasteiger partial charge in [0.1, 0.15) is 22.5 Å². The second-order valence-electron chi connectivity index (χ2n) is 6.65. The average molecular weight is 408 g/mol. The van der Waals surface area contributed by atoms with Crippen LogP contribution in [0.5, 0.6) is 0 Å². The highest BCUT2D eigenvalue weighted by molar-refractivity contribution is 6.29. The topological polar surface area (TPSA) is 52.6 Å². The lowest BCUT2D eigenvalue weighted by Gasteiger charge is -2.21. The van der Waals surface area contributed by atoms with Crippen LogP contribution in [0.4, 0.5) is 14.5 Å². The summed E-state index contributed by atoms with van der Waals surface area (Å²) in [5.74, 6) is -0.360. The first-order valence-electron chi connectivity index (χ1n) is 9.41. The van der Waals surface area contributed by atoms with E-state index in [0.29, 0.717) is 30.7 Å². The van der Waals surface area contributed by atoms with Crippen molar-refractivity contribution in [1.29, 1.82) is 0 Å². The molecule has 0 bridgehead atoms. The van der Waals surface area contributed by atoms with Crippen LogP contribution in [0.15, 0.2) is 41.5 Å². The van der Waals surface area contributed by atoms with Crippen molar-refractivity contribution >= 4 is 23.2 Å². The quantitative estimate of drug-likeness (QED) is 0.438. The molecule has 8 heteroatoms. The van der Waals surface area contributed by atoms with Crippen molar-refractivity contribution in [2.75, 3.05) is 31.1 Å². The minimum absolute atomic E-state index is 0.0453. The van der Waals surface area contributed by atoms with Crippen molar-refractivity contribution in [2.24, 2.45) is 4.99 Å². The van der Waals surface area contributed by atoms with Crippen LogP contribution < -0.4 is 15.5 Å². The Balaban J connectivity index is 1.57. The third kappa shape index (κ3) is 5.32. The summed E-state index contributed by atoms with van der Waals surface area (Å²) in [5, 5.41) is 7.06. The predicted octanol–water partition coefficient (Wildman–Crippen LogP) is 3.39.